The molecular formula is C21H24N4O3S. The minimum Gasteiger partial charge on any atom is -0.378 e. The number of hydrogen-bond acceptors (Lipinski definition) is 6. The molecule has 1 aliphatic carbocycles. The van der Waals surface area contributed by atoms with Crippen molar-refractivity contribution in [1.29, 1.82) is 0 Å². The van der Waals surface area contributed by atoms with Crippen LogP contribution in [0, 0.1) is 6.92 Å². The first kappa shape index (κ1) is 19.7. The van der Waals surface area contributed by atoms with Gasteiger partial charge in [-0.25, -0.2) is 4.98 Å². The Kier molecular flexibility index (Phi) is 6.01. The van der Waals surface area contributed by atoms with Crippen molar-refractivity contribution in [3.8, 4) is 0 Å². The normalized spacial score (nSPS) is 16.7. The number of fused-ring (bicyclic) bond motifs is 1. The molecule has 1 fully saturated rings. The number of carbonyl (C=O) groups is 1. The molecule has 0 saturated carbocycles. The first-order chi connectivity index (χ1) is 14.1. The van der Waals surface area contributed by atoms with Gasteiger partial charge in [0.1, 0.15) is 10.8 Å². The number of rotatable bonds is 5. The quantitative estimate of drug-likeness (QED) is 0.735. The number of anilines is 1. The van der Waals surface area contributed by atoms with Crippen LogP contribution in [0.25, 0.3) is 10.9 Å². The number of thioether (sulfide) groups is 1. The van der Waals surface area contributed by atoms with Crippen molar-refractivity contribution in [1.82, 2.24) is 14.9 Å². The molecule has 1 amide bonds. The van der Waals surface area contributed by atoms with Crippen molar-refractivity contribution < 1.29 is 9.53 Å². The molecule has 3 heterocycles. The van der Waals surface area contributed by atoms with Crippen LogP contribution < -0.4 is 10.7 Å². The third kappa shape index (κ3) is 4.71. The summed E-state index contributed by atoms with van der Waals surface area (Å²) >= 11 is 1.32. The van der Waals surface area contributed by atoms with E-state index in [1.54, 1.807) is 11.0 Å². The van der Waals surface area contributed by atoms with Gasteiger partial charge in [-0.15, -0.1) is 0 Å². The fraction of sp³-hybridized carbons (Fsp3) is 0.381. The zero-order valence-corrected chi connectivity index (χ0v) is 17.2. The molecule has 0 bridgehead atoms. The molecule has 1 saturated heterocycles. The van der Waals surface area contributed by atoms with Crippen LogP contribution in [0.2, 0.25) is 0 Å². The summed E-state index contributed by atoms with van der Waals surface area (Å²) in [6.07, 6.45) is 8.25. The molecule has 0 radical (unpaired) electrons. The first-order valence-corrected chi connectivity index (χ1v) is 10.8. The minimum atomic E-state index is -0.115. The molecule has 8 heteroatoms. The van der Waals surface area contributed by atoms with Crippen LogP contribution in [-0.2, 0) is 9.53 Å². The Morgan fingerprint density at radius 1 is 1.31 bits per heavy atom. The van der Waals surface area contributed by atoms with E-state index in [0.29, 0.717) is 48.1 Å². The topological polar surface area (TPSA) is 87.3 Å². The second-order valence-electron chi connectivity index (χ2n) is 7.08. The summed E-state index contributed by atoms with van der Waals surface area (Å²) in [4.78, 5) is 34.9. The number of ether oxygens (including phenoxy) is 1. The van der Waals surface area contributed by atoms with Gasteiger partial charge in [0.15, 0.2) is 5.43 Å². The van der Waals surface area contributed by atoms with Gasteiger partial charge in [0.2, 0.25) is 5.91 Å². The van der Waals surface area contributed by atoms with Crippen molar-refractivity contribution in [3.63, 3.8) is 0 Å². The lowest BCUT2D eigenvalue weighted by molar-refractivity contribution is -0.132. The van der Waals surface area contributed by atoms with Gasteiger partial charge in [-0.3, -0.25) is 9.59 Å². The summed E-state index contributed by atoms with van der Waals surface area (Å²) in [6, 6.07) is 3.41. The van der Waals surface area contributed by atoms with Gasteiger partial charge in [-0.2, -0.15) is 0 Å². The van der Waals surface area contributed by atoms with E-state index in [-0.39, 0.29) is 17.1 Å². The SMILES string of the molecule is Cc1cc2[nH]c(NC3=CCCC=C3)cc(=O)c2c(SCC(=O)N2CCOCC2)n1. The average Bonchev–Trinajstić information content (AvgIpc) is 2.72. The molecule has 0 spiro atoms. The van der Waals surface area contributed by atoms with Gasteiger partial charge in [-0.05, 0) is 31.9 Å². The van der Waals surface area contributed by atoms with Crippen molar-refractivity contribution in [2.24, 2.45) is 0 Å². The summed E-state index contributed by atoms with van der Waals surface area (Å²) in [7, 11) is 0. The summed E-state index contributed by atoms with van der Waals surface area (Å²) in [6.45, 7) is 4.26. The van der Waals surface area contributed by atoms with Crippen LogP contribution in [0.1, 0.15) is 18.5 Å². The van der Waals surface area contributed by atoms with E-state index >= 15 is 0 Å². The van der Waals surface area contributed by atoms with E-state index in [1.807, 2.05) is 19.1 Å². The highest BCUT2D eigenvalue weighted by atomic mass is 32.2. The van der Waals surface area contributed by atoms with Crippen LogP contribution in [0.5, 0.6) is 0 Å². The number of nitrogens with one attached hydrogen (secondary N) is 2. The number of aromatic nitrogens is 2. The summed E-state index contributed by atoms with van der Waals surface area (Å²) in [5.74, 6) is 0.939. The Labute approximate surface area is 173 Å². The number of H-pyrrole nitrogens is 1. The molecule has 2 aliphatic rings. The lowest BCUT2D eigenvalue weighted by Gasteiger charge is -2.26. The van der Waals surface area contributed by atoms with Gasteiger partial charge in [0.05, 0.1) is 29.9 Å². The van der Waals surface area contributed by atoms with E-state index in [4.69, 9.17) is 4.74 Å². The van der Waals surface area contributed by atoms with Gasteiger partial charge >= 0.3 is 0 Å². The molecule has 7 nitrogen and oxygen atoms in total. The Hall–Kier alpha value is -2.58. The zero-order valence-electron chi connectivity index (χ0n) is 16.4. The molecular weight excluding hydrogens is 388 g/mol. The zero-order chi connectivity index (χ0) is 20.2. The summed E-state index contributed by atoms with van der Waals surface area (Å²) in [5.41, 5.74) is 2.37. The Morgan fingerprint density at radius 2 is 2.14 bits per heavy atom. The fourth-order valence-electron chi connectivity index (χ4n) is 3.43. The highest BCUT2D eigenvalue weighted by molar-refractivity contribution is 8.00. The average molecular weight is 413 g/mol. The van der Waals surface area contributed by atoms with E-state index < -0.39 is 0 Å². The van der Waals surface area contributed by atoms with Crippen molar-refractivity contribution in [3.05, 3.63) is 52.0 Å². The number of nitrogens with zero attached hydrogens (tertiary/aromatic N) is 2. The van der Waals surface area contributed by atoms with Crippen LogP contribution in [0.4, 0.5) is 5.82 Å². The Morgan fingerprint density at radius 3 is 2.90 bits per heavy atom. The van der Waals surface area contributed by atoms with Crippen LogP contribution in [0.15, 0.2) is 45.9 Å². The summed E-state index contributed by atoms with van der Waals surface area (Å²) in [5, 5.41) is 4.38. The number of aromatic amines is 1. The molecule has 2 N–H and O–H groups in total. The van der Waals surface area contributed by atoms with Crippen LogP contribution in [-0.4, -0.2) is 52.8 Å². The maximum absolute atomic E-state index is 12.9. The monoisotopic (exact) mass is 412 g/mol. The molecule has 0 atom stereocenters. The maximum atomic E-state index is 12.9. The fourth-order valence-corrected chi connectivity index (χ4v) is 4.44. The first-order valence-electron chi connectivity index (χ1n) is 9.77. The molecule has 152 valence electrons. The standard InChI is InChI=1S/C21H24N4O3S/c1-14-11-16-20(17(26)12-18(24-16)23-15-5-3-2-4-6-15)21(22-14)29-13-19(27)25-7-9-28-10-8-25/h3,5-6,11-12H,2,4,7-10,13H2,1H3,(H2,23,24,26). The number of amides is 1. The lowest BCUT2D eigenvalue weighted by Crippen LogP contribution is -2.41. The predicted octanol–water partition coefficient (Wildman–Crippen LogP) is 2.83. The van der Waals surface area contributed by atoms with Crippen molar-refractivity contribution in [2.75, 3.05) is 37.4 Å². The highest BCUT2D eigenvalue weighted by Gasteiger charge is 2.18. The Balaban J connectivity index is 1.57. The second-order valence-corrected chi connectivity index (χ2v) is 8.05. The van der Waals surface area contributed by atoms with E-state index in [1.165, 1.54) is 11.8 Å². The van der Waals surface area contributed by atoms with Gasteiger partial charge in [0.25, 0.3) is 0 Å². The molecule has 2 aromatic heterocycles. The predicted molar refractivity (Wildman–Crippen MR) is 115 cm³/mol. The second kappa shape index (κ2) is 8.84. The number of carbonyl (C=O) groups excluding carboxylic acids is 1. The van der Waals surface area contributed by atoms with Crippen LogP contribution in [0.3, 0.4) is 0 Å². The molecule has 2 aromatic rings. The number of morpholine rings is 1. The number of allylic oxidation sites excluding steroid dienone is 3. The van der Waals surface area contributed by atoms with E-state index in [9.17, 15) is 9.59 Å². The minimum absolute atomic E-state index is 0.0421. The smallest absolute Gasteiger partial charge is 0.233 e. The Bertz CT molecular complexity index is 1040. The summed E-state index contributed by atoms with van der Waals surface area (Å²) < 4.78 is 5.29. The lowest BCUT2D eigenvalue weighted by atomic mass is 10.1. The van der Waals surface area contributed by atoms with Crippen molar-refractivity contribution in [2.45, 2.75) is 24.8 Å². The van der Waals surface area contributed by atoms with Gasteiger partial charge in [0, 0.05) is 30.5 Å². The number of pyridine rings is 2. The molecule has 29 heavy (non-hydrogen) atoms. The highest BCUT2D eigenvalue weighted by Crippen LogP contribution is 2.25. The van der Waals surface area contributed by atoms with E-state index in [2.05, 4.69) is 27.4 Å². The third-order valence-electron chi connectivity index (χ3n) is 4.88. The molecule has 1 aliphatic heterocycles. The van der Waals surface area contributed by atoms with E-state index in [0.717, 1.165) is 24.2 Å². The molecule has 0 aromatic carbocycles. The largest absolute Gasteiger partial charge is 0.378 e. The molecule has 0 unspecified atom stereocenters. The van der Waals surface area contributed by atoms with Crippen LogP contribution >= 0.6 is 11.8 Å². The van der Waals surface area contributed by atoms with Gasteiger partial charge in [-0.1, -0.05) is 23.9 Å². The molecule has 4 rings (SSSR count). The number of hydrogen-bond donors (Lipinski definition) is 2. The van der Waals surface area contributed by atoms with Crippen molar-refractivity contribution >= 4 is 34.4 Å². The van der Waals surface area contributed by atoms with Gasteiger partial charge < -0.3 is 19.9 Å². The number of aryl methyl sites for hydroxylation is 1. The maximum Gasteiger partial charge on any atom is 0.233 e. The third-order valence-corrected chi connectivity index (χ3v) is 5.84.